The van der Waals surface area contributed by atoms with Gasteiger partial charge in [-0.2, -0.15) is 8.42 Å². The van der Waals surface area contributed by atoms with Crippen LogP contribution in [0.1, 0.15) is 38.3 Å². The number of likely N-dealkylation sites (tertiary alicyclic amines) is 1. The molecule has 0 spiro atoms. The summed E-state index contributed by atoms with van der Waals surface area (Å²) in [6, 6.07) is 15.7. The number of aliphatic hydroxyl groups excluding tert-OH is 1. The maximum absolute atomic E-state index is 13.5. The zero-order valence-corrected chi connectivity index (χ0v) is 27.2. The highest BCUT2D eigenvalue weighted by Crippen LogP contribution is 2.38. The van der Waals surface area contributed by atoms with Crippen LogP contribution in [0.4, 0.5) is 10.5 Å². The van der Waals surface area contributed by atoms with E-state index in [0.29, 0.717) is 30.6 Å². The van der Waals surface area contributed by atoms with Crippen LogP contribution in [-0.2, 0) is 21.6 Å². The topological polar surface area (TPSA) is 99.6 Å². The minimum atomic E-state index is -4.02. The van der Waals surface area contributed by atoms with Gasteiger partial charge in [0.25, 0.3) is 0 Å². The number of nitrogens with zero attached hydrogens (tertiary/aromatic N) is 3. The molecule has 1 N–H and O–H groups in total. The van der Waals surface area contributed by atoms with Gasteiger partial charge in [0.15, 0.2) is 0 Å². The van der Waals surface area contributed by atoms with E-state index in [-0.39, 0.29) is 31.0 Å². The fourth-order valence-corrected chi connectivity index (χ4v) is 7.17. The predicted molar refractivity (Wildman–Crippen MR) is 169 cm³/mol. The van der Waals surface area contributed by atoms with Gasteiger partial charge in [0, 0.05) is 27.7 Å². The first-order valence-corrected chi connectivity index (χ1v) is 19.4. The number of carbonyl (C=O) groups excluding carboxylic acids is 1. The molecule has 4 rings (SSSR count). The second kappa shape index (κ2) is 12.4. The Hall–Kier alpha value is -3.44. The lowest BCUT2D eigenvalue weighted by Crippen LogP contribution is -2.37. The average Bonchev–Trinajstić information content (AvgIpc) is 3.46. The number of rotatable bonds is 9. The molecule has 11 heteroatoms. The van der Waals surface area contributed by atoms with E-state index in [1.807, 2.05) is 63.2 Å². The van der Waals surface area contributed by atoms with Crippen LogP contribution in [0.3, 0.4) is 0 Å². The first kappa shape index (κ1) is 31.5. The van der Waals surface area contributed by atoms with Gasteiger partial charge in [0.2, 0.25) is 5.88 Å². The first-order valence-electron chi connectivity index (χ1n) is 14.3. The fraction of sp³-hybridized carbons (Fsp3) is 0.452. The van der Waals surface area contributed by atoms with E-state index >= 15 is 0 Å². The molecule has 9 nitrogen and oxygen atoms in total. The Balaban J connectivity index is 1.56. The number of hydrogen-bond donors (Lipinski definition) is 1. The first-order chi connectivity index (χ1) is 19.6. The van der Waals surface area contributed by atoms with Gasteiger partial charge in [-0.15, -0.1) is 0 Å². The van der Waals surface area contributed by atoms with Crippen molar-refractivity contribution in [2.24, 2.45) is 5.92 Å². The van der Waals surface area contributed by atoms with E-state index in [4.69, 9.17) is 9.47 Å². The van der Waals surface area contributed by atoms with Crippen LogP contribution in [0.5, 0.6) is 5.75 Å². The van der Waals surface area contributed by atoms with Crippen molar-refractivity contribution in [3.05, 3.63) is 77.8 Å². The van der Waals surface area contributed by atoms with Crippen LogP contribution in [-0.4, -0.2) is 62.1 Å². The molecule has 1 atom stereocenters. The third-order valence-electron chi connectivity index (χ3n) is 6.98. The summed E-state index contributed by atoms with van der Waals surface area (Å²) in [7, 11) is -5.58. The summed E-state index contributed by atoms with van der Waals surface area (Å²) in [5.74, 6) is 0.245. The van der Waals surface area contributed by atoms with Gasteiger partial charge in [-0.25, -0.2) is 13.4 Å². The summed E-state index contributed by atoms with van der Waals surface area (Å²) in [6.45, 7) is 13.7. The van der Waals surface area contributed by atoms with E-state index in [9.17, 15) is 18.3 Å². The lowest BCUT2D eigenvalue weighted by Gasteiger charge is -2.25. The van der Waals surface area contributed by atoms with Crippen molar-refractivity contribution < 1.29 is 27.8 Å². The van der Waals surface area contributed by atoms with Gasteiger partial charge < -0.3 is 19.5 Å². The molecule has 0 aromatic heterocycles. The smallest absolute Gasteiger partial charge is 0.410 e. The van der Waals surface area contributed by atoms with E-state index < -0.39 is 23.9 Å². The monoisotopic (exact) mass is 613 g/mol. The Morgan fingerprint density at radius 1 is 1.12 bits per heavy atom. The Bertz CT molecular complexity index is 1430. The number of benzene rings is 2. The average molecular weight is 614 g/mol. The number of amides is 1. The van der Waals surface area contributed by atoms with Crippen LogP contribution >= 0.6 is 0 Å². The number of aliphatic hydroxyl groups is 1. The van der Waals surface area contributed by atoms with Crippen molar-refractivity contribution in [3.63, 3.8) is 0 Å². The van der Waals surface area contributed by atoms with E-state index in [2.05, 4.69) is 25.7 Å². The number of anilines is 1. The van der Waals surface area contributed by atoms with Gasteiger partial charge in [-0.3, -0.25) is 0 Å². The largest absolute Gasteiger partial charge is 0.493 e. The summed E-state index contributed by atoms with van der Waals surface area (Å²) in [6.07, 6.45) is 5.80. The minimum Gasteiger partial charge on any atom is -0.493 e. The third kappa shape index (κ3) is 8.10. The summed E-state index contributed by atoms with van der Waals surface area (Å²) >= 11 is 0. The van der Waals surface area contributed by atoms with Crippen molar-refractivity contribution in [2.75, 3.05) is 23.9 Å². The Morgan fingerprint density at radius 2 is 1.83 bits per heavy atom. The van der Waals surface area contributed by atoms with Gasteiger partial charge in [0.05, 0.1) is 6.20 Å². The van der Waals surface area contributed by atoms with E-state index in [1.54, 1.807) is 17.0 Å². The number of carbonyl (C=O) groups is 1. The Labute approximate surface area is 251 Å². The lowest BCUT2D eigenvalue weighted by atomic mass is 10.1. The molecule has 0 saturated carbocycles. The molecule has 1 unspecified atom stereocenters. The Kier molecular flexibility index (Phi) is 9.32. The molecule has 0 aliphatic carbocycles. The Morgan fingerprint density at radius 3 is 2.50 bits per heavy atom. The highest BCUT2D eigenvalue weighted by Gasteiger charge is 2.39. The zero-order chi connectivity index (χ0) is 30.7. The molecular formula is C31H43N3O6SSi. The van der Waals surface area contributed by atoms with Crippen molar-refractivity contribution in [3.8, 4) is 5.75 Å². The molecule has 42 heavy (non-hydrogen) atoms. The van der Waals surface area contributed by atoms with E-state index in [1.165, 1.54) is 6.20 Å². The number of hydrogen-bond acceptors (Lipinski definition) is 6. The SMILES string of the molecule is CC(C)(C)OC(=O)N1CCC(C=Cc2ccc(N3C=C(O)N(CC[Si](C)(C)C)S3(=O)=O)c(OCc3ccccc3)c2)C1. The molecule has 228 valence electrons. The minimum absolute atomic E-state index is 0.171. The molecular weight excluding hydrogens is 571 g/mol. The van der Waals surface area contributed by atoms with Crippen LogP contribution < -0.4 is 9.04 Å². The molecule has 2 aliphatic heterocycles. The third-order valence-corrected chi connectivity index (χ3v) is 10.4. The lowest BCUT2D eigenvalue weighted by molar-refractivity contribution is 0.0291. The van der Waals surface area contributed by atoms with E-state index in [0.717, 1.165) is 26.2 Å². The summed E-state index contributed by atoms with van der Waals surface area (Å²) in [5, 5.41) is 10.6. The van der Waals surface area contributed by atoms with Crippen LogP contribution in [0.15, 0.2) is 66.7 Å². The molecule has 2 aliphatic rings. The highest BCUT2D eigenvalue weighted by atomic mass is 32.2. The highest BCUT2D eigenvalue weighted by molar-refractivity contribution is 7.91. The quantitative estimate of drug-likeness (QED) is 0.320. The van der Waals surface area contributed by atoms with Gasteiger partial charge in [-0.05, 0) is 62.4 Å². The maximum Gasteiger partial charge on any atom is 0.410 e. The molecule has 2 aromatic carbocycles. The molecule has 1 amide bonds. The second-order valence-corrected chi connectivity index (χ2v) is 20.4. The molecule has 1 fully saturated rings. The van der Waals surface area contributed by atoms with Crippen LogP contribution in [0.2, 0.25) is 25.7 Å². The fourth-order valence-electron chi connectivity index (χ4n) is 4.67. The van der Waals surface area contributed by atoms with Gasteiger partial charge in [-0.1, -0.05) is 68.2 Å². The standard InChI is InChI=1S/C31H43N3O6SSi/c1-31(2,3)40-30(36)32-17-16-25(21-32)13-12-24-14-15-27(28(20-24)39-23-26-10-8-7-9-11-26)34-22-29(35)33(41(34,37)38)18-19-42(4,5)6/h7-15,20,22,25,35H,16-19,21,23H2,1-6H3. The summed E-state index contributed by atoms with van der Waals surface area (Å²) in [5.41, 5.74) is 1.56. The molecule has 1 saturated heterocycles. The second-order valence-electron chi connectivity index (χ2n) is 13.0. The molecule has 2 aromatic rings. The summed E-state index contributed by atoms with van der Waals surface area (Å²) < 4.78 is 40.9. The number of ether oxygens (including phenoxy) is 2. The van der Waals surface area contributed by atoms with Crippen molar-refractivity contribution in [1.29, 1.82) is 0 Å². The zero-order valence-electron chi connectivity index (χ0n) is 25.4. The summed E-state index contributed by atoms with van der Waals surface area (Å²) in [4.78, 5) is 14.2. The molecule has 2 heterocycles. The van der Waals surface area contributed by atoms with Crippen LogP contribution in [0, 0.1) is 5.92 Å². The van der Waals surface area contributed by atoms with Gasteiger partial charge >= 0.3 is 16.3 Å². The normalized spacial score (nSPS) is 19.0. The maximum atomic E-state index is 13.5. The van der Waals surface area contributed by atoms with Gasteiger partial charge in [0.1, 0.15) is 23.6 Å². The predicted octanol–water partition coefficient (Wildman–Crippen LogP) is 6.60. The van der Waals surface area contributed by atoms with Crippen molar-refractivity contribution in [1.82, 2.24) is 9.21 Å². The van der Waals surface area contributed by atoms with Crippen molar-refractivity contribution >= 4 is 36.1 Å². The van der Waals surface area contributed by atoms with Crippen LogP contribution in [0.25, 0.3) is 6.08 Å². The molecule has 0 bridgehead atoms. The van der Waals surface area contributed by atoms with Crippen molar-refractivity contribution in [2.45, 2.75) is 65.1 Å². The molecule has 0 radical (unpaired) electrons.